The number of hydrogen-bond acceptors (Lipinski definition) is 3. The predicted octanol–water partition coefficient (Wildman–Crippen LogP) is 3.51. The molecule has 1 aliphatic heterocycles. The molecule has 2 heterocycles. The average molecular weight is 333 g/mol. The zero-order valence-corrected chi connectivity index (χ0v) is 14.2. The lowest BCUT2D eigenvalue weighted by atomic mass is 9.91. The zero-order chi connectivity index (χ0) is 17.2. The smallest absolute Gasteiger partial charge is 0.235 e. The number of hydrogen-bond donors (Lipinski definition) is 2. The molecule has 5 heteroatoms. The maximum absolute atomic E-state index is 12.7. The molecule has 3 aromatic rings. The second kappa shape index (κ2) is 4.85. The van der Waals surface area contributed by atoms with Gasteiger partial charge >= 0.3 is 0 Å². The normalized spacial score (nSPS) is 23.8. The molecule has 0 unspecified atom stereocenters. The third-order valence-electron chi connectivity index (χ3n) is 5.74. The molecule has 1 amide bonds. The quantitative estimate of drug-likeness (QED) is 0.771. The van der Waals surface area contributed by atoms with Gasteiger partial charge in [-0.15, -0.1) is 0 Å². The van der Waals surface area contributed by atoms with E-state index < -0.39 is 5.41 Å². The number of carbonyl (C=O) groups excluding carboxylic acids is 1. The summed E-state index contributed by atoms with van der Waals surface area (Å²) in [6, 6.07) is 12.2. The molecule has 1 saturated carbocycles. The van der Waals surface area contributed by atoms with Gasteiger partial charge in [-0.3, -0.25) is 9.89 Å². The van der Waals surface area contributed by atoms with Crippen LogP contribution in [0.2, 0.25) is 0 Å². The summed E-state index contributed by atoms with van der Waals surface area (Å²) in [4.78, 5) is 12.7. The number of benzene rings is 2. The number of aromatic nitrogens is 2. The van der Waals surface area contributed by atoms with Gasteiger partial charge in [0, 0.05) is 22.7 Å². The third kappa shape index (κ3) is 1.83. The van der Waals surface area contributed by atoms with E-state index in [0.29, 0.717) is 0 Å². The maximum atomic E-state index is 12.7. The molecule has 0 bridgehead atoms. The summed E-state index contributed by atoms with van der Waals surface area (Å²) in [5.74, 6) is 1.07. The molecule has 2 aliphatic rings. The Labute approximate surface area is 145 Å². The van der Waals surface area contributed by atoms with E-state index in [1.54, 1.807) is 7.11 Å². The SMILES string of the molecule is CCc1[nH]nc2cc([C@@H]3C[C@@]34C(=O)Nc3ccc(OC)cc34)ccc12. The number of aryl methyl sites for hydroxylation is 1. The molecule has 5 nitrogen and oxygen atoms in total. The van der Waals surface area contributed by atoms with E-state index >= 15 is 0 Å². The Bertz CT molecular complexity index is 1020. The van der Waals surface area contributed by atoms with Gasteiger partial charge in [-0.2, -0.15) is 5.10 Å². The molecule has 2 N–H and O–H groups in total. The van der Waals surface area contributed by atoms with Gasteiger partial charge in [-0.05, 0) is 48.2 Å². The van der Waals surface area contributed by atoms with Gasteiger partial charge in [0.25, 0.3) is 0 Å². The molecule has 2 atom stereocenters. The zero-order valence-electron chi connectivity index (χ0n) is 14.2. The van der Waals surface area contributed by atoms with E-state index in [9.17, 15) is 4.79 Å². The highest BCUT2D eigenvalue weighted by Crippen LogP contribution is 2.65. The van der Waals surface area contributed by atoms with E-state index in [1.807, 2.05) is 18.2 Å². The van der Waals surface area contributed by atoms with Crippen LogP contribution in [0.3, 0.4) is 0 Å². The van der Waals surface area contributed by atoms with E-state index in [-0.39, 0.29) is 11.8 Å². The lowest BCUT2D eigenvalue weighted by molar-refractivity contribution is -0.118. The van der Waals surface area contributed by atoms with Gasteiger partial charge in [0.05, 0.1) is 18.0 Å². The summed E-state index contributed by atoms with van der Waals surface area (Å²) in [6.45, 7) is 2.12. The van der Waals surface area contributed by atoms with Crippen molar-refractivity contribution in [2.45, 2.75) is 31.1 Å². The monoisotopic (exact) mass is 333 g/mol. The molecule has 0 radical (unpaired) electrons. The first-order valence-electron chi connectivity index (χ1n) is 8.64. The number of fused-ring (bicyclic) bond motifs is 3. The molecule has 1 fully saturated rings. The number of amides is 1. The number of anilines is 1. The minimum Gasteiger partial charge on any atom is -0.497 e. The summed E-state index contributed by atoms with van der Waals surface area (Å²) < 4.78 is 5.36. The summed E-state index contributed by atoms with van der Waals surface area (Å²) in [7, 11) is 1.65. The number of nitrogens with one attached hydrogen (secondary N) is 2. The molecule has 1 spiro atoms. The van der Waals surface area contributed by atoms with Crippen LogP contribution in [0.15, 0.2) is 36.4 Å². The standard InChI is InChI=1S/C20H19N3O2/c1-3-16-13-6-4-11(8-18(13)23-22-16)15-10-20(15)14-9-12(25-2)5-7-17(14)21-19(20)24/h4-9,15H,3,10H2,1-2H3,(H,21,24)(H,22,23)/t15-,20-/m0/s1. The van der Waals surface area contributed by atoms with Gasteiger partial charge in [-0.25, -0.2) is 0 Å². The van der Waals surface area contributed by atoms with Crippen LogP contribution in [-0.4, -0.2) is 23.2 Å². The largest absolute Gasteiger partial charge is 0.497 e. The van der Waals surface area contributed by atoms with Crippen molar-refractivity contribution in [3.63, 3.8) is 0 Å². The first-order chi connectivity index (χ1) is 12.2. The van der Waals surface area contributed by atoms with Crippen LogP contribution in [0.4, 0.5) is 5.69 Å². The average Bonchev–Trinajstić information content (AvgIpc) is 3.17. The topological polar surface area (TPSA) is 67.0 Å². The van der Waals surface area contributed by atoms with Crippen molar-refractivity contribution in [2.75, 3.05) is 12.4 Å². The van der Waals surface area contributed by atoms with Crippen LogP contribution in [0.1, 0.15) is 36.1 Å². The third-order valence-corrected chi connectivity index (χ3v) is 5.74. The Balaban J connectivity index is 1.58. The van der Waals surface area contributed by atoms with Crippen LogP contribution < -0.4 is 10.1 Å². The summed E-state index contributed by atoms with van der Waals surface area (Å²) in [6.07, 6.45) is 1.76. The van der Waals surface area contributed by atoms with Gasteiger partial charge < -0.3 is 10.1 Å². The number of methoxy groups -OCH3 is 1. The fraction of sp³-hybridized carbons (Fsp3) is 0.300. The molecule has 2 aromatic carbocycles. The van der Waals surface area contributed by atoms with Crippen molar-refractivity contribution in [2.24, 2.45) is 0 Å². The fourth-order valence-electron chi connectivity index (χ4n) is 4.27. The second-order valence-corrected chi connectivity index (χ2v) is 6.93. The van der Waals surface area contributed by atoms with E-state index in [4.69, 9.17) is 4.74 Å². The van der Waals surface area contributed by atoms with Gasteiger partial charge in [0.1, 0.15) is 5.75 Å². The first-order valence-corrected chi connectivity index (χ1v) is 8.64. The Morgan fingerprint density at radius 2 is 2.16 bits per heavy atom. The number of rotatable bonds is 3. The molecular formula is C20H19N3O2. The summed E-state index contributed by atoms with van der Waals surface area (Å²) in [5.41, 5.74) is 4.80. The van der Waals surface area contributed by atoms with Crippen LogP contribution in [-0.2, 0) is 16.6 Å². The highest BCUT2D eigenvalue weighted by atomic mass is 16.5. The highest BCUT2D eigenvalue weighted by Gasteiger charge is 2.65. The number of nitrogens with zero attached hydrogens (tertiary/aromatic N) is 1. The van der Waals surface area contributed by atoms with Crippen molar-refractivity contribution in [3.05, 3.63) is 53.2 Å². The Morgan fingerprint density at radius 3 is 2.96 bits per heavy atom. The minimum absolute atomic E-state index is 0.0946. The number of ether oxygens (including phenoxy) is 1. The van der Waals surface area contributed by atoms with Crippen LogP contribution >= 0.6 is 0 Å². The van der Waals surface area contributed by atoms with E-state index in [0.717, 1.165) is 41.1 Å². The number of H-pyrrole nitrogens is 1. The van der Waals surface area contributed by atoms with Gasteiger partial charge in [0.15, 0.2) is 0 Å². The minimum atomic E-state index is -0.457. The summed E-state index contributed by atoms with van der Waals surface area (Å²) >= 11 is 0. The second-order valence-electron chi connectivity index (χ2n) is 6.93. The fourth-order valence-corrected chi connectivity index (χ4v) is 4.27. The Kier molecular flexibility index (Phi) is 2.82. The lowest BCUT2D eigenvalue weighted by Gasteiger charge is -2.10. The number of carbonyl (C=O) groups is 1. The van der Waals surface area contributed by atoms with Gasteiger partial charge in [0.2, 0.25) is 5.91 Å². The van der Waals surface area contributed by atoms with Crippen LogP contribution in [0, 0.1) is 0 Å². The van der Waals surface area contributed by atoms with Crippen molar-refractivity contribution in [3.8, 4) is 5.75 Å². The Hall–Kier alpha value is -2.82. The van der Waals surface area contributed by atoms with Crippen LogP contribution in [0.25, 0.3) is 10.9 Å². The molecule has 1 aliphatic carbocycles. The summed E-state index contributed by atoms with van der Waals surface area (Å²) in [5, 5.41) is 11.7. The molecule has 126 valence electrons. The molecule has 1 aromatic heterocycles. The van der Waals surface area contributed by atoms with E-state index in [2.05, 4.69) is 40.6 Å². The molecule has 5 rings (SSSR count). The number of aromatic amines is 1. The highest BCUT2D eigenvalue weighted by molar-refractivity contribution is 6.10. The molecule has 0 saturated heterocycles. The Morgan fingerprint density at radius 1 is 1.28 bits per heavy atom. The van der Waals surface area contributed by atoms with Crippen LogP contribution in [0.5, 0.6) is 5.75 Å². The first kappa shape index (κ1) is 14.5. The van der Waals surface area contributed by atoms with E-state index in [1.165, 1.54) is 10.9 Å². The maximum Gasteiger partial charge on any atom is 0.235 e. The van der Waals surface area contributed by atoms with Crippen molar-refractivity contribution in [1.29, 1.82) is 0 Å². The molecule has 25 heavy (non-hydrogen) atoms. The lowest BCUT2D eigenvalue weighted by Crippen LogP contribution is -2.21. The van der Waals surface area contributed by atoms with Crippen molar-refractivity contribution < 1.29 is 9.53 Å². The van der Waals surface area contributed by atoms with Crippen molar-refractivity contribution in [1.82, 2.24) is 10.2 Å². The predicted molar refractivity (Wildman–Crippen MR) is 96.1 cm³/mol. The molecular weight excluding hydrogens is 314 g/mol. The van der Waals surface area contributed by atoms with Gasteiger partial charge in [-0.1, -0.05) is 19.1 Å². The van der Waals surface area contributed by atoms with Crippen molar-refractivity contribution >= 4 is 22.5 Å².